The average molecular weight is 529 g/mol. The lowest BCUT2D eigenvalue weighted by molar-refractivity contribution is -0.128. The van der Waals surface area contributed by atoms with Crippen LogP contribution in [0.4, 0.5) is 0 Å². The lowest BCUT2D eigenvalue weighted by atomic mass is 9.89. The number of nitrogens with one attached hydrogen (secondary N) is 1. The Morgan fingerprint density at radius 2 is 1.87 bits per heavy atom. The van der Waals surface area contributed by atoms with Gasteiger partial charge < -0.3 is 24.6 Å². The predicted octanol–water partition coefficient (Wildman–Crippen LogP) is 4.82. The number of aliphatic hydroxyl groups excluding tert-OH is 1. The second-order valence-corrected chi connectivity index (χ2v) is 9.43. The summed E-state index contributed by atoms with van der Waals surface area (Å²) >= 11 is 0. The number of aliphatic imine (C=N–C) groups is 1. The van der Waals surface area contributed by atoms with Gasteiger partial charge in [-0.15, -0.1) is 0 Å². The Morgan fingerprint density at radius 3 is 2.62 bits per heavy atom. The Balaban J connectivity index is 1.52. The zero-order chi connectivity index (χ0) is 27.5. The first-order valence-electron chi connectivity index (χ1n) is 13.3. The summed E-state index contributed by atoms with van der Waals surface area (Å²) in [5.74, 6) is 1.75. The number of amides is 1. The number of hydrogen-bond acceptors (Lipinski definition) is 6. The lowest BCUT2D eigenvalue weighted by Gasteiger charge is -2.27. The van der Waals surface area contributed by atoms with Crippen molar-refractivity contribution in [3.8, 4) is 11.5 Å². The van der Waals surface area contributed by atoms with E-state index < -0.39 is 11.6 Å². The summed E-state index contributed by atoms with van der Waals surface area (Å²) in [4.78, 5) is 18.6. The van der Waals surface area contributed by atoms with Crippen LogP contribution in [0.3, 0.4) is 0 Å². The van der Waals surface area contributed by atoms with Crippen molar-refractivity contribution in [3.05, 3.63) is 102 Å². The predicted molar refractivity (Wildman–Crippen MR) is 153 cm³/mol. The van der Waals surface area contributed by atoms with E-state index in [1.807, 2.05) is 97.9 Å². The van der Waals surface area contributed by atoms with Crippen LogP contribution in [0.1, 0.15) is 36.5 Å². The van der Waals surface area contributed by atoms with Gasteiger partial charge in [-0.25, -0.2) is 4.99 Å². The van der Waals surface area contributed by atoms with Gasteiger partial charge in [0, 0.05) is 31.6 Å². The van der Waals surface area contributed by atoms with E-state index in [4.69, 9.17) is 24.3 Å². The highest BCUT2D eigenvalue weighted by Crippen LogP contribution is 2.33. The van der Waals surface area contributed by atoms with Gasteiger partial charge in [0.05, 0.1) is 13.7 Å². The molecule has 3 aromatic carbocycles. The van der Waals surface area contributed by atoms with Crippen molar-refractivity contribution in [1.29, 1.82) is 0 Å². The first kappa shape index (κ1) is 27.9. The van der Waals surface area contributed by atoms with Crippen LogP contribution < -0.4 is 14.8 Å². The molecule has 1 amide bonds. The number of ether oxygens (including phenoxy) is 3. The first-order valence-corrected chi connectivity index (χ1v) is 13.3. The Bertz CT molecular complexity index is 1270. The molecule has 0 radical (unpaired) electrons. The number of carbonyl (C=O) groups excluding carboxylic acids is 1. The van der Waals surface area contributed by atoms with Crippen LogP contribution in [0, 0.1) is 0 Å². The van der Waals surface area contributed by atoms with Gasteiger partial charge in [-0.1, -0.05) is 54.6 Å². The van der Waals surface area contributed by atoms with E-state index in [0.29, 0.717) is 44.1 Å². The van der Waals surface area contributed by atoms with Crippen molar-refractivity contribution in [1.82, 2.24) is 5.32 Å². The zero-order valence-corrected chi connectivity index (χ0v) is 22.5. The Hall–Kier alpha value is -4.10. The van der Waals surface area contributed by atoms with Crippen LogP contribution in [0.5, 0.6) is 11.5 Å². The molecule has 7 heteroatoms. The fourth-order valence-corrected chi connectivity index (χ4v) is 4.42. The molecule has 1 heterocycles. The van der Waals surface area contributed by atoms with E-state index in [9.17, 15) is 4.79 Å². The molecule has 2 atom stereocenters. The van der Waals surface area contributed by atoms with Crippen molar-refractivity contribution < 1.29 is 24.1 Å². The highest BCUT2D eigenvalue weighted by molar-refractivity contribution is 6.00. The molecule has 3 aromatic rings. The molecule has 2 N–H and O–H groups in total. The topological polar surface area (TPSA) is 89.4 Å². The minimum Gasteiger partial charge on any atom is -0.497 e. The number of carbonyl (C=O) groups is 1. The van der Waals surface area contributed by atoms with E-state index in [1.54, 1.807) is 7.11 Å². The van der Waals surface area contributed by atoms with Crippen LogP contribution in [-0.2, 0) is 16.0 Å². The fourth-order valence-electron chi connectivity index (χ4n) is 4.42. The van der Waals surface area contributed by atoms with E-state index in [-0.39, 0.29) is 12.5 Å². The highest BCUT2D eigenvalue weighted by atomic mass is 16.5. The van der Waals surface area contributed by atoms with Crippen molar-refractivity contribution in [2.75, 3.05) is 26.9 Å². The minimum absolute atomic E-state index is 0.0863. The summed E-state index contributed by atoms with van der Waals surface area (Å²) in [6.07, 6.45) is 5.15. The van der Waals surface area contributed by atoms with E-state index in [2.05, 4.69) is 5.32 Å². The van der Waals surface area contributed by atoms with E-state index >= 15 is 0 Å². The third kappa shape index (κ3) is 7.27. The summed E-state index contributed by atoms with van der Waals surface area (Å²) in [7, 11) is 1.64. The summed E-state index contributed by atoms with van der Waals surface area (Å²) in [5.41, 5.74) is 1.80. The fraction of sp³-hybridized carbons (Fsp3) is 0.312. The van der Waals surface area contributed by atoms with Gasteiger partial charge in [-0.05, 0) is 60.9 Å². The second-order valence-electron chi connectivity index (χ2n) is 9.43. The lowest BCUT2D eigenvalue weighted by Crippen LogP contribution is -2.51. The van der Waals surface area contributed by atoms with Crippen molar-refractivity contribution in [2.24, 2.45) is 4.99 Å². The molecule has 1 aliphatic heterocycles. The maximum atomic E-state index is 13.7. The molecule has 0 fully saturated rings. The minimum atomic E-state index is -1.11. The Morgan fingerprint density at radius 1 is 1.08 bits per heavy atom. The number of hydrogen-bond donors (Lipinski definition) is 2. The SMILES string of the molecule is COc1cccc(CCNC(=O)[C@]2(C/C=C/c3ccccc3)N=C(c3ccc(OCCCO)cc3)O[C@@H]2C)c1. The summed E-state index contributed by atoms with van der Waals surface area (Å²) in [6.45, 7) is 2.88. The number of benzene rings is 3. The van der Waals surface area contributed by atoms with Crippen LogP contribution in [0.2, 0.25) is 0 Å². The van der Waals surface area contributed by atoms with Crippen molar-refractivity contribution >= 4 is 17.9 Å². The first-order chi connectivity index (χ1) is 19.0. The highest BCUT2D eigenvalue weighted by Gasteiger charge is 2.49. The van der Waals surface area contributed by atoms with Gasteiger partial charge in [0.15, 0.2) is 5.54 Å². The maximum absolute atomic E-state index is 13.7. The molecule has 39 heavy (non-hydrogen) atoms. The monoisotopic (exact) mass is 528 g/mol. The number of rotatable bonds is 13. The van der Waals surface area contributed by atoms with Gasteiger partial charge in [-0.3, -0.25) is 4.79 Å². The third-order valence-electron chi connectivity index (χ3n) is 6.70. The average Bonchev–Trinajstić information content (AvgIpc) is 3.31. The van der Waals surface area contributed by atoms with Crippen LogP contribution in [0.25, 0.3) is 6.08 Å². The molecule has 0 spiro atoms. The van der Waals surface area contributed by atoms with Crippen LogP contribution >= 0.6 is 0 Å². The van der Waals surface area contributed by atoms with Gasteiger partial charge in [0.1, 0.15) is 17.6 Å². The quantitative estimate of drug-likeness (QED) is 0.311. The van der Waals surface area contributed by atoms with E-state index in [0.717, 1.165) is 22.4 Å². The van der Waals surface area contributed by atoms with Crippen LogP contribution in [0.15, 0.2) is 89.9 Å². The third-order valence-corrected chi connectivity index (χ3v) is 6.70. The summed E-state index contributed by atoms with van der Waals surface area (Å²) in [6, 6.07) is 25.2. The molecule has 0 aromatic heterocycles. The molecule has 7 nitrogen and oxygen atoms in total. The smallest absolute Gasteiger partial charge is 0.252 e. The standard InChI is InChI=1S/C32H36N2O5/c1-24-32(19-7-12-25-9-4-3-5-10-25,31(36)33-20-18-26-11-6-13-29(23-26)37-2)34-30(39-24)27-14-16-28(17-15-27)38-22-8-21-35/h3-7,9-17,23-24,35H,8,18-22H2,1-2H3,(H,33,36)/b12-7+/t24-,32-/m1/s1. The van der Waals surface area contributed by atoms with Crippen LogP contribution in [-0.4, -0.2) is 55.4 Å². The van der Waals surface area contributed by atoms with Crippen molar-refractivity contribution in [3.63, 3.8) is 0 Å². The molecule has 1 aliphatic rings. The van der Waals surface area contributed by atoms with E-state index in [1.165, 1.54) is 0 Å². The number of aliphatic hydroxyl groups is 1. The molecular formula is C32H36N2O5. The molecule has 0 unspecified atom stereocenters. The normalized spacial score (nSPS) is 18.4. The Kier molecular flexibility index (Phi) is 9.75. The molecule has 0 saturated heterocycles. The second kappa shape index (κ2) is 13.6. The Labute approximate surface area is 230 Å². The zero-order valence-electron chi connectivity index (χ0n) is 22.5. The molecule has 0 aliphatic carbocycles. The molecular weight excluding hydrogens is 492 g/mol. The number of nitrogens with zero attached hydrogens (tertiary/aromatic N) is 1. The molecule has 4 rings (SSSR count). The van der Waals surface area contributed by atoms with Gasteiger partial charge >= 0.3 is 0 Å². The van der Waals surface area contributed by atoms with Gasteiger partial charge in [0.25, 0.3) is 5.91 Å². The van der Waals surface area contributed by atoms with Gasteiger partial charge in [-0.2, -0.15) is 0 Å². The largest absolute Gasteiger partial charge is 0.497 e. The molecule has 0 saturated carbocycles. The summed E-state index contributed by atoms with van der Waals surface area (Å²) in [5, 5.41) is 12.1. The molecule has 204 valence electrons. The van der Waals surface area contributed by atoms with Gasteiger partial charge in [0.2, 0.25) is 5.90 Å². The summed E-state index contributed by atoms with van der Waals surface area (Å²) < 4.78 is 17.1. The molecule has 0 bridgehead atoms. The number of methoxy groups -OCH3 is 1. The maximum Gasteiger partial charge on any atom is 0.252 e. The van der Waals surface area contributed by atoms with Crippen molar-refractivity contribution in [2.45, 2.75) is 37.8 Å².